The maximum absolute atomic E-state index is 13.2. The molecule has 3 aromatic rings. The Morgan fingerprint density at radius 1 is 1.15 bits per heavy atom. The second-order valence-corrected chi connectivity index (χ2v) is 8.75. The number of carbonyl (C=O) groups is 3. The molecule has 0 bridgehead atoms. The highest BCUT2D eigenvalue weighted by Gasteiger charge is 2.51. The van der Waals surface area contributed by atoms with Crippen LogP contribution in [0.1, 0.15) is 18.9 Å². The van der Waals surface area contributed by atoms with Gasteiger partial charge >= 0.3 is 6.03 Å². The Morgan fingerprint density at radius 3 is 2.68 bits per heavy atom. The second kappa shape index (κ2) is 8.79. The Balaban J connectivity index is 1.27. The highest BCUT2D eigenvalue weighted by molar-refractivity contribution is 7.14. The summed E-state index contributed by atoms with van der Waals surface area (Å²) in [4.78, 5) is 43.9. The highest BCUT2D eigenvalue weighted by Crippen LogP contribution is 2.36. The fourth-order valence-corrected chi connectivity index (χ4v) is 4.84. The molecule has 2 aromatic carbocycles. The topological polar surface area (TPSA) is 110 Å². The first-order valence-electron chi connectivity index (χ1n) is 10.9. The molecule has 0 radical (unpaired) electrons. The number of fused-ring (bicyclic) bond motifs is 1. The molecule has 34 heavy (non-hydrogen) atoms. The van der Waals surface area contributed by atoms with Gasteiger partial charge < -0.3 is 20.1 Å². The maximum Gasteiger partial charge on any atom is 0.325 e. The number of urea groups is 1. The van der Waals surface area contributed by atoms with Gasteiger partial charge in [-0.2, -0.15) is 0 Å². The molecule has 2 N–H and O–H groups in total. The summed E-state index contributed by atoms with van der Waals surface area (Å²) in [6.45, 7) is 2.42. The van der Waals surface area contributed by atoms with E-state index in [2.05, 4.69) is 15.6 Å². The van der Waals surface area contributed by atoms with E-state index in [1.807, 2.05) is 48.7 Å². The van der Waals surface area contributed by atoms with Crippen molar-refractivity contribution in [3.05, 3.63) is 59.5 Å². The Kier molecular flexibility index (Phi) is 5.66. The summed E-state index contributed by atoms with van der Waals surface area (Å²) < 4.78 is 11.2. The molecule has 4 amide bonds. The number of anilines is 1. The van der Waals surface area contributed by atoms with E-state index in [9.17, 15) is 14.4 Å². The number of nitrogens with zero attached hydrogens (tertiary/aromatic N) is 2. The van der Waals surface area contributed by atoms with Gasteiger partial charge in [0.2, 0.25) is 5.91 Å². The summed E-state index contributed by atoms with van der Waals surface area (Å²) >= 11 is 1.25. The van der Waals surface area contributed by atoms with Crippen LogP contribution in [0.2, 0.25) is 0 Å². The number of benzene rings is 2. The van der Waals surface area contributed by atoms with Crippen LogP contribution < -0.4 is 20.1 Å². The van der Waals surface area contributed by atoms with E-state index in [0.29, 0.717) is 47.5 Å². The van der Waals surface area contributed by atoms with Gasteiger partial charge in [-0.25, -0.2) is 9.78 Å². The Bertz CT molecular complexity index is 1260. The number of hydrogen-bond acceptors (Lipinski definition) is 7. The van der Waals surface area contributed by atoms with Crippen molar-refractivity contribution in [3.63, 3.8) is 0 Å². The van der Waals surface area contributed by atoms with Gasteiger partial charge in [0.15, 0.2) is 16.6 Å². The lowest BCUT2D eigenvalue weighted by Gasteiger charge is -2.25. The molecule has 174 valence electrons. The van der Waals surface area contributed by atoms with Crippen LogP contribution in [0.25, 0.3) is 11.3 Å². The maximum atomic E-state index is 13.2. The predicted molar refractivity (Wildman–Crippen MR) is 126 cm³/mol. The minimum absolute atomic E-state index is 0.366. The summed E-state index contributed by atoms with van der Waals surface area (Å²) in [5.41, 5.74) is 1.00. The monoisotopic (exact) mass is 478 g/mol. The molecule has 2 aliphatic heterocycles. The van der Waals surface area contributed by atoms with Gasteiger partial charge in [-0.3, -0.25) is 14.5 Å². The summed E-state index contributed by atoms with van der Waals surface area (Å²) in [7, 11) is 0. The van der Waals surface area contributed by atoms with E-state index in [0.717, 1.165) is 10.5 Å². The van der Waals surface area contributed by atoms with E-state index in [-0.39, 0.29) is 0 Å². The number of nitrogens with one attached hydrogen (secondary N) is 2. The minimum Gasteiger partial charge on any atom is -0.486 e. The van der Waals surface area contributed by atoms with Crippen LogP contribution in [0.5, 0.6) is 11.5 Å². The van der Waals surface area contributed by atoms with Crippen LogP contribution in [0.3, 0.4) is 0 Å². The summed E-state index contributed by atoms with van der Waals surface area (Å²) in [6.07, 6.45) is 0.366. The van der Waals surface area contributed by atoms with Gasteiger partial charge in [0.25, 0.3) is 5.91 Å². The number of imide groups is 1. The zero-order chi connectivity index (χ0) is 23.7. The van der Waals surface area contributed by atoms with Crippen molar-refractivity contribution >= 4 is 34.3 Å². The molecule has 0 spiro atoms. The second-order valence-electron chi connectivity index (χ2n) is 7.89. The molecule has 0 aliphatic carbocycles. The van der Waals surface area contributed by atoms with E-state index in [4.69, 9.17) is 9.47 Å². The number of carbonyl (C=O) groups excluding carboxylic acids is 3. The van der Waals surface area contributed by atoms with Crippen LogP contribution in [-0.2, 0) is 15.1 Å². The van der Waals surface area contributed by atoms with Crippen molar-refractivity contribution in [2.75, 3.05) is 25.1 Å². The molecule has 10 heteroatoms. The van der Waals surface area contributed by atoms with Gasteiger partial charge in [0.1, 0.15) is 25.3 Å². The summed E-state index contributed by atoms with van der Waals surface area (Å²) in [6, 6.07) is 14.0. The van der Waals surface area contributed by atoms with E-state index in [1.165, 1.54) is 11.3 Å². The molecule has 1 atom stereocenters. The molecule has 9 nitrogen and oxygen atoms in total. The molecule has 0 unspecified atom stereocenters. The molecule has 1 aromatic heterocycles. The lowest BCUT2D eigenvalue weighted by molar-refractivity contribution is -0.134. The third-order valence-electron chi connectivity index (χ3n) is 5.86. The van der Waals surface area contributed by atoms with Crippen LogP contribution >= 0.6 is 11.3 Å². The van der Waals surface area contributed by atoms with Crippen molar-refractivity contribution in [2.45, 2.75) is 18.9 Å². The first kappa shape index (κ1) is 21.9. The molecule has 3 heterocycles. The first-order chi connectivity index (χ1) is 16.5. The standard InChI is InChI=1S/C24H22N4O5S/c1-2-24(16-6-4-3-5-7-16)21(30)28(23(31)27-24)13-20(29)26-22-25-17(14-34-22)15-8-9-18-19(12-15)33-11-10-32-18/h3-9,12,14H,2,10-11,13H2,1H3,(H,27,31)(H,25,26,29)/t24-/m1/s1. The normalized spacial score (nSPS) is 19.1. The first-order valence-corrected chi connectivity index (χ1v) is 11.7. The number of amides is 4. The zero-order valence-corrected chi connectivity index (χ0v) is 19.2. The van der Waals surface area contributed by atoms with E-state index < -0.39 is 29.9 Å². The van der Waals surface area contributed by atoms with Crippen LogP contribution in [0, 0.1) is 0 Å². The fraction of sp³-hybridized carbons (Fsp3) is 0.250. The molecule has 1 saturated heterocycles. The fourth-order valence-electron chi connectivity index (χ4n) is 4.10. The molecular weight excluding hydrogens is 456 g/mol. The minimum atomic E-state index is -1.18. The van der Waals surface area contributed by atoms with Gasteiger partial charge in [0, 0.05) is 10.9 Å². The molecular formula is C24H22N4O5S. The largest absolute Gasteiger partial charge is 0.486 e. The van der Waals surface area contributed by atoms with Gasteiger partial charge in [0.05, 0.1) is 5.69 Å². The third-order valence-corrected chi connectivity index (χ3v) is 6.62. The van der Waals surface area contributed by atoms with Gasteiger partial charge in [-0.05, 0) is 30.2 Å². The SMILES string of the molecule is CC[C@]1(c2ccccc2)NC(=O)N(CC(=O)Nc2nc(-c3ccc4c(c3)OCCO4)cs2)C1=O. The van der Waals surface area contributed by atoms with Crippen molar-refractivity contribution in [1.29, 1.82) is 0 Å². The number of aromatic nitrogens is 1. The predicted octanol–water partition coefficient (Wildman–Crippen LogP) is 3.38. The van der Waals surface area contributed by atoms with E-state index in [1.54, 1.807) is 12.1 Å². The Morgan fingerprint density at radius 2 is 1.91 bits per heavy atom. The zero-order valence-electron chi connectivity index (χ0n) is 18.4. The van der Waals surface area contributed by atoms with Crippen LogP contribution in [-0.4, -0.2) is 47.5 Å². The average molecular weight is 479 g/mol. The average Bonchev–Trinajstić information content (AvgIpc) is 3.42. The lowest BCUT2D eigenvalue weighted by atomic mass is 9.87. The molecule has 0 saturated carbocycles. The Hall–Kier alpha value is -3.92. The van der Waals surface area contributed by atoms with Crippen LogP contribution in [0.15, 0.2) is 53.9 Å². The summed E-state index contributed by atoms with van der Waals surface area (Å²) in [5.74, 6) is 0.383. The highest BCUT2D eigenvalue weighted by atomic mass is 32.1. The number of ether oxygens (including phenoxy) is 2. The quantitative estimate of drug-likeness (QED) is 0.526. The molecule has 5 rings (SSSR count). The lowest BCUT2D eigenvalue weighted by Crippen LogP contribution is -2.44. The smallest absolute Gasteiger partial charge is 0.325 e. The summed E-state index contributed by atoms with van der Waals surface area (Å²) in [5, 5.41) is 7.64. The molecule has 2 aliphatic rings. The van der Waals surface area contributed by atoms with Gasteiger partial charge in [-0.1, -0.05) is 37.3 Å². The third kappa shape index (κ3) is 3.86. The van der Waals surface area contributed by atoms with Crippen molar-refractivity contribution in [3.8, 4) is 22.8 Å². The Labute approximate surface area is 199 Å². The molecule has 1 fully saturated rings. The van der Waals surface area contributed by atoms with Crippen molar-refractivity contribution in [2.24, 2.45) is 0 Å². The van der Waals surface area contributed by atoms with Crippen molar-refractivity contribution in [1.82, 2.24) is 15.2 Å². The number of rotatable bonds is 6. The van der Waals surface area contributed by atoms with Crippen molar-refractivity contribution < 1.29 is 23.9 Å². The van der Waals surface area contributed by atoms with Gasteiger partial charge in [-0.15, -0.1) is 11.3 Å². The van der Waals surface area contributed by atoms with E-state index >= 15 is 0 Å². The van der Waals surface area contributed by atoms with Crippen LogP contribution in [0.4, 0.5) is 9.93 Å². The number of hydrogen-bond donors (Lipinski definition) is 2. The number of thiazole rings is 1.